The minimum atomic E-state index is -0.536. The van der Waals surface area contributed by atoms with Gasteiger partial charge in [-0.25, -0.2) is 4.39 Å². The normalized spacial score (nSPS) is 22.9. The Morgan fingerprint density at radius 1 is 1.14 bits per heavy atom. The van der Waals surface area contributed by atoms with Gasteiger partial charge in [-0.05, 0) is 48.9 Å². The smallest absolute Gasteiger partial charge is 0.179 e. The number of hydrogen-bond acceptors (Lipinski definition) is 3. The maximum absolute atomic E-state index is 13.2. The minimum absolute atomic E-state index is 0.242. The molecule has 2 aliphatic heterocycles. The molecule has 0 saturated heterocycles. The number of nitrogens with zero attached hydrogens (tertiary/aromatic N) is 3. The standard InChI is InChI=1S/C17H15FN4/c1-17(13-6-8-14(18)9-7-13)20-19-16-15(5-4-12-22(16)17)21-10-2-3-11-21/h2-12,20H,1H3. The van der Waals surface area contributed by atoms with Crippen LogP contribution in [0.4, 0.5) is 4.39 Å². The highest BCUT2D eigenvalue weighted by molar-refractivity contribution is 6.19. The Morgan fingerprint density at radius 3 is 2.59 bits per heavy atom. The topological polar surface area (TPSA) is 32.6 Å². The first-order valence-electron chi connectivity index (χ1n) is 7.11. The fourth-order valence-corrected chi connectivity index (χ4v) is 2.85. The number of halogens is 1. The van der Waals surface area contributed by atoms with Crippen LogP contribution in [0.2, 0.25) is 0 Å². The Balaban J connectivity index is 1.73. The lowest BCUT2D eigenvalue weighted by atomic mass is 9.99. The molecule has 1 aromatic carbocycles. The number of hydrogen-bond donors (Lipinski definition) is 1. The summed E-state index contributed by atoms with van der Waals surface area (Å²) in [7, 11) is 0. The Kier molecular flexibility index (Phi) is 2.69. The van der Waals surface area contributed by atoms with Crippen molar-refractivity contribution in [2.24, 2.45) is 5.10 Å². The molecule has 1 atom stereocenters. The molecular formula is C17H15FN4. The molecule has 2 aromatic rings. The predicted octanol–water partition coefficient (Wildman–Crippen LogP) is 3.09. The van der Waals surface area contributed by atoms with Gasteiger partial charge in [0.25, 0.3) is 0 Å². The molecule has 0 aliphatic carbocycles. The van der Waals surface area contributed by atoms with Crippen LogP contribution in [0.3, 0.4) is 0 Å². The maximum Gasteiger partial charge on any atom is 0.179 e. The average Bonchev–Trinajstić information content (AvgIpc) is 3.17. The van der Waals surface area contributed by atoms with Crippen LogP contribution in [0.25, 0.3) is 5.70 Å². The van der Waals surface area contributed by atoms with E-state index in [2.05, 4.69) is 15.4 Å². The van der Waals surface area contributed by atoms with Gasteiger partial charge in [0.2, 0.25) is 0 Å². The number of rotatable bonds is 2. The molecule has 3 heterocycles. The third-order valence-corrected chi connectivity index (χ3v) is 4.10. The lowest BCUT2D eigenvalue weighted by Crippen LogP contribution is -2.47. The van der Waals surface area contributed by atoms with Gasteiger partial charge in [-0.15, -0.1) is 0 Å². The van der Waals surface area contributed by atoms with Crippen molar-refractivity contribution in [2.45, 2.75) is 12.6 Å². The van der Waals surface area contributed by atoms with E-state index in [1.807, 2.05) is 54.4 Å². The van der Waals surface area contributed by atoms with Gasteiger partial charge in [0.15, 0.2) is 11.5 Å². The average molecular weight is 294 g/mol. The third kappa shape index (κ3) is 1.79. The molecule has 0 fully saturated rings. The van der Waals surface area contributed by atoms with Crippen molar-refractivity contribution >= 4 is 11.5 Å². The molecule has 0 radical (unpaired) electrons. The fraction of sp³-hybridized carbons (Fsp3) is 0.118. The largest absolute Gasteiger partial charge is 0.321 e. The molecule has 1 N–H and O–H groups in total. The van der Waals surface area contributed by atoms with Crippen LogP contribution in [0.5, 0.6) is 0 Å². The second-order valence-corrected chi connectivity index (χ2v) is 5.48. The molecule has 5 heteroatoms. The monoisotopic (exact) mass is 294 g/mol. The van der Waals surface area contributed by atoms with E-state index in [0.29, 0.717) is 0 Å². The molecule has 0 bridgehead atoms. The van der Waals surface area contributed by atoms with Gasteiger partial charge in [-0.3, -0.25) is 5.43 Å². The van der Waals surface area contributed by atoms with Gasteiger partial charge in [-0.2, -0.15) is 5.10 Å². The van der Waals surface area contributed by atoms with E-state index in [1.54, 1.807) is 12.1 Å². The summed E-state index contributed by atoms with van der Waals surface area (Å²) in [6.07, 6.45) is 9.96. The number of hydrazone groups is 1. The van der Waals surface area contributed by atoms with Gasteiger partial charge in [0.1, 0.15) is 5.82 Å². The highest BCUT2D eigenvalue weighted by atomic mass is 19.1. The lowest BCUT2D eigenvalue weighted by Gasteiger charge is -2.36. The summed E-state index contributed by atoms with van der Waals surface area (Å²) in [6, 6.07) is 10.5. The van der Waals surface area contributed by atoms with Crippen molar-refractivity contribution < 1.29 is 4.39 Å². The summed E-state index contributed by atoms with van der Waals surface area (Å²) in [4.78, 5) is 2.07. The van der Waals surface area contributed by atoms with E-state index in [4.69, 9.17) is 0 Å². The first-order valence-corrected chi connectivity index (χ1v) is 7.11. The highest BCUT2D eigenvalue weighted by Crippen LogP contribution is 2.34. The Labute approximate surface area is 127 Å². The zero-order valence-electron chi connectivity index (χ0n) is 12.1. The van der Waals surface area contributed by atoms with Crippen molar-refractivity contribution in [3.05, 3.63) is 78.5 Å². The molecular weight excluding hydrogens is 279 g/mol. The number of allylic oxidation sites excluding steroid dienone is 2. The maximum atomic E-state index is 13.2. The zero-order chi connectivity index (χ0) is 15.2. The van der Waals surface area contributed by atoms with Crippen LogP contribution in [0.1, 0.15) is 12.5 Å². The van der Waals surface area contributed by atoms with Crippen LogP contribution in [-0.2, 0) is 5.66 Å². The van der Waals surface area contributed by atoms with Crippen molar-refractivity contribution in [1.82, 2.24) is 14.9 Å². The van der Waals surface area contributed by atoms with Crippen LogP contribution >= 0.6 is 0 Å². The van der Waals surface area contributed by atoms with Gasteiger partial charge < -0.3 is 9.47 Å². The second-order valence-electron chi connectivity index (χ2n) is 5.48. The zero-order valence-corrected chi connectivity index (χ0v) is 12.1. The first kappa shape index (κ1) is 12.9. The van der Waals surface area contributed by atoms with E-state index < -0.39 is 5.66 Å². The molecule has 4 nitrogen and oxygen atoms in total. The molecule has 0 saturated carbocycles. The van der Waals surface area contributed by atoms with Gasteiger partial charge >= 0.3 is 0 Å². The molecule has 0 amide bonds. The van der Waals surface area contributed by atoms with Gasteiger partial charge in [0, 0.05) is 18.6 Å². The molecule has 2 aliphatic rings. The van der Waals surface area contributed by atoms with Crippen LogP contribution in [0, 0.1) is 5.82 Å². The Bertz CT molecular complexity index is 787. The van der Waals surface area contributed by atoms with E-state index >= 15 is 0 Å². The molecule has 4 rings (SSSR count). The Morgan fingerprint density at radius 2 is 1.86 bits per heavy atom. The van der Waals surface area contributed by atoms with Gasteiger partial charge in [0.05, 0.1) is 5.70 Å². The predicted molar refractivity (Wildman–Crippen MR) is 84.0 cm³/mol. The Hall–Kier alpha value is -2.82. The van der Waals surface area contributed by atoms with Crippen LogP contribution < -0.4 is 5.43 Å². The van der Waals surface area contributed by atoms with Crippen LogP contribution in [-0.4, -0.2) is 15.3 Å². The number of nitrogens with one attached hydrogen (secondary N) is 1. The number of amidine groups is 1. The van der Waals surface area contributed by atoms with E-state index in [1.165, 1.54) is 12.1 Å². The van der Waals surface area contributed by atoms with Crippen molar-refractivity contribution in [2.75, 3.05) is 0 Å². The molecule has 1 unspecified atom stereocenters. The second kappa shape index (κ2) is 4.59. The summed E-state index contributed by atoms with van der Waals surface area (Å²) < 4.78 is 15.2. The molecule has 110 valence electrons. The van der Waals surface area contributed by atoms with Gasteiger partial charge in [-0.1, -0.05) is 12.1 Å². The fourth-order valence-electron chi connectivity index (χ4n) is 2.85. The van der Waals surface area contributed by atoms with Crippen LogP contribution in [0.15, 0.2) is 72.2 Å². The van der Waals surface area contributed by atoms with E-state index in [0.717, 1.165) is 17.1 Å². The summed E-state index contributed by atoms with van der Waals surface area (Å²) >= 11 is 0. The summed E-state index contributed by atoms with van der Waals surface area (Å²) in [5.74, 6) is 0.596. The first-order chi connectivity index (χ1) is 10.7. The SMILES string of the molecule is CC1(c2ccc(F)cc2)NN=C2C(n3cccc3)=CC=CN21. The van der Waals surface area contributed by atoms with Crippen molar-refractivity contribution in [3.8, 4) is 0 Å². The minimum Gasteiger partial charge on any atom is -0.321 e. The molecule has 22 heavy (non-hydrogen) atoms. The quantitative estimate of drug-likeness (QED) is 0.923. The van der Waals surface area contributed by atoms with Crippen molar-refractivity contribution in [3.63, 3.8) is 0 Å². The van der Waals surface area contributed by atoms with Crippen molar-refractivity contribution in [1.29, 1.82) is 0 Å². The summed E-state index contributed by atoms with van der Waals surface area (Å²) in [5, 5.41) is 4.51. The highest BCUT2D eigenvalue weighted by Gasteiger charge is 2.41. The summed E-state index contributed by atoms with van der Waals surface area (Å²) in [5.41, 5.74) is 4.59. The summed E-state index contributed by atoms with van der Waals surface area (Å²) in [6.45, 7) is 2.03. The number of fused-ring (bicyclic) bond motifs is 1. The molecule has 1 aromatic heterocycles. The molecule has 0 spiro atoms. The number of benzene rings is 1. The third-order valence-electron chi connectivity index (χ3n) is 4.10. The van der Waals surface area contributed by atoms with E-state index in [-0.39, 0.29) is 5.82 Å². The number of aromatic nitrogens is 1. The van der Waals surface area contributed by atoms with E-state index in [9.17, 15) is 4.39 Å². The lowest BCUT2D eigenvalue weighted by molar-refractivity contribution is 0.234.